The summed E-state index contributed by atoms with van der Waals surface area (Å²) in [5.41, 5.74) is 1.04. The number of benzene rings is 2. The van der Waals surface area contributed by atoms with Crippen molar-refractivity contribution in [1.82, 2.24) is 4.57 Å². The number of fused-ring (bicyclic) bond motifs is 1. The molecule has 0 amide bonds. The fraction of sp³-hybridized carbons (Fsp3) is 0. The molecule has 0 aliphatic heterocycles. The van der Waals surface area contributed by atoms with E-state index in [1.54, 1.807) is 54.6 Å². The highest BCUT2D eigenvalue weighted by molar-refractivity contribution is 7.19. The van der Waals surface area contributed by atoms with Gasteiger partial charge in [-0.25, -0.2) is 0 Å². The maximum absolute atomic E-state index is 13.0. The van der Waals surface area contributed by atoms with Gasteiger partial charge < -0.3 is 0 Å². The topological polar surface area (TPSA) is 62.9 Å². The number of carbonyl (C=O) groups excluding carboxylic acids is 1. The first-order chi connectivity index (χ1) is 13.1. The van der Waals surface area contributed by atoms with Gasteiger partial charge in [0.1, 0.15) is 15.8 Å². The molecule has 0 aliphatic carbocycles. The second-order valence-corrected chi connectivity index (χ2v) is 7.20. The van der Waals surface area contributed by atoms with Gasteiger partial charge in [-0.15, -0.1) is 11.3 Å². The minimum absolute atomic E-state index is 0.247. The maximum atomic E-state index is 13.0. The van der Waals surface area contributed by atoms with Crippen molar-refractivity contribution >= 4 is 38.9 Å². The fourth-order valence-electron chi connectivity index (χ4n) is 2.98. The number of aromatic nitrogens is 1. The van der Waals surface area contributed by atoms with Gasteiger partial charge in [-0.1, -0.05) is 54.1 Å². The van der Waals surface area contributed by atoms with E-state index < -0.39 is 0 Å². The molecule has 2 aromatic heterocycles. The third kappa shape index (κ3) is 2.85. The molecule has 0 bridgehead atoms. The van der Waals surface area contributed by atoms with Crippen LogP contribution in [-0.4, -0.2) is 10.4 Å². The van der Waals surface area contributed by atoms with Crippen molar-refractivity contribution in [3.8, 4) is 11.8 Å². The van der Waals surface area contributed by atoms with Gasteiger partial charge in [-0.2, -0.15) is 5.26 Å². The van der Waals surface area contributed by atoms with Crippen molar-refractivity contribution in [2.45, 2.75) is 0 Å². The summed E-state index contributed by atoms with van der Waals surface area (Å²) in [6.07, 6.45) is 0. The molecule has 0 saturated heterocycles. The van der Waals surface area contributed by atoms with E-state index in [1.165, 1.54) is 10.6 Å². The normalized spacial score (nSPS) is 10.7. The number of hydrogen-bond acceptors (Lipinski definition) is 4. The molecule has 4 rings (SSSR count). The molecule has 4 nitrogen and oxygen atoms in total. The quantitative estimate of drug-likeness (QED) is 0.471. The van der Waals surface area contributed by atoms with Crippen LogP contribution in [0.15, 0.2) is 71.5 Å². The lowest BCUT2D eigenvalue weighted by Gasteiger charge is -2.09. The van der Waals surface area contributed by atoms with E-state index in [0.717, 1.165) is 11.3 Å². The summed E-state index contributed by atoms with van der Waals surface area (Å²) in [6.45, 7) is 0. The van der Waals surface area contributed by atoms with Crippen molar-refractivity contribution < 1.29 is 4.79 Å². The van der Waals surface area contributed by atoms with Crippen molar-refractivity contribution in [2.75, 3.05) is 0 Å². The van der Waals surface area contributed by atoms with Crippen LogP contribution in [0.5, 0.6) is 0 Å². The van der Waals surface area contributed by atoms with E-state index in [0.29, 0.717) is 32.1 Å². The highest BCUT2D eigenvalue weighted by Crippen LogP contribution is 2.34. The summed E-state index contributed by atoms with van der Waals surface area (Å²) in [7, 11) is 0. The van der Waals surface area contributed by atoms with Gasteiger partial charge in [-0.3, -0.25) is 14.2 Å². The molecule has 130 valence electrons. The van der Waals surface area contributed by atoms with E-state index in [9.17, 15) is 14.9 Å². The number of para-hydroxylation sites is 1. The average Bonchev–Trinajstić information content (AvgIpc) is 3.07. The lowest BCUT2D eigenvalue weighted by Crippen LogP contribution is -2.17. The molecule has 0 fully saturated rings. The highest BCUT2D eigenvalue weighted by Gasteiger charge is 2.23. The van der Waals surface area contributed by atoms with Crippen molar-refractivity contribution in [2.24, 2.45) is 0 Å². The number of thiophene rings is 1. The number of rotatable bonds is 3. The van der Waals surface area contributed by atoms with Crippen LogP contribution in [0.2, 0.25) is 5.02 Å². The standard InChI is InChI=1S/C21H11ClN2O2S/c22-15-8-4-5-9-16(15)24-18(25)11-10-14-19(17(12-23)27-21(14)24)20(26)13-6-2-1-3-7-13/h1-11H. The van der Waals surface area contributed by atoms with E-state index in [4.69, 9.17) is 11.6 Å². The third-order valence-corrected chi connectivity index (χ3v) is 5.61. The third-order valence-electron chi connectivity index (χ3n) is 4.20. The van der Waals surface area contributed by atoms with Gasteiger partial charge in [0.25, 0.3) is 5.56 Å². The van der Waals surface area contributed by atoms with Crippen LogP contribution in [0.1, 0.15) is 20.8 Å². The number of nitriles is 1. The number of nitrogens with zero attached hydrogens (tertiary/aromatic N) is 2. The van der Waals surface area contributed by atoms with Crippen molar-refractivity contribution in [3.63, 3.8) is 0 Å². The van der Waals surface area contributed by atoms with E-state index in [-0.39, 0.29) is 16.2 Å². The molecule has 4 aromatic rings. The molecule has 0 radical (unpaired) electrons. The van der Waals surface area contributed by atoms with Gasteiger partial charge in [0.05, 0.1) is 16.3 Å². The molecule has 0 saturated carbocycles. The lowest BCUT2D eigenvalue weighted by molar-refractivity contribution is 0.104. The Kier molecular flexibility index (Phi) is 4.36. The zero-order valence-corrected chi connectivity index (χ0v) is 15.4. The first-order valence-corrected chi connectivity index (χ1v) is 9.24. The summed E-state index contributed by atoms with van der Waals surface area (Å²) in [4.78, 5) is 26.4. The smallest absolute Gasteiger partial charge is 0.256 e. The Labute approximate surface area is 163 Å². The summed E-state index contributed by atoms with van der Waals surface area (Å²) >= 11 is 7.40. The van der Waals surface area contributed by atoms with Gasteiger partial charge in [0, 0.05) is 17.0 Å². The Hall–Kier alpha value is -3.20. The SMILES string of the molecule is N#Cc1sc2c(ccc(=O)n2-c2ccccc2Cl)c1C(=O)c1ccccc1. The van der Waals surface area contributed by atoms with Crippen LogP contribution in [0.3, 0.4) is 0 Å². The number of pyridine rings is 1. The molecule has 0 spiro atoms. The molecule has 0 aliphatic rings. The van der Waals surface area contributed by atoms with Crippen LogP contribution in [-0.2, 0) is 0 Å². The Balaban J connectivity index is 2.05. The van der Waals surface area contributed by atoms with Crippen LogP contribution >= 0.6 is 22.9 Å². The van der Waals surface area contributed by atoms with Gasteiger partial charge in [0.2, 0.25) is 0 Å². The van der Waals surface area contributed by atoms with Crippen LogP contribution in [0, 0.1) is 11.3 Å². The number of hydrogen-bond donors (Lipinski definition) is 0. The Morgan fingerprint density at radius 3 is 2.41 bits per heavy atom. The van der Waals surface area contributed by atoms with Crippen LogP contribution in [0.25, 0.3) is 15.9 Å². The van der Waals surface area contributed by atoms with E-state index >= 15 is 0 Å². The summed E-state index contributed by atoms with van der Waals surface area (Å²) in [5.74, 6) is -0.247. The highest BCUT2D eigenvalue weighted by atomic mass is 35.5. The lowest BCUT2D eigenvalue weighted by atomic mass is 10.0. The van der Waals surface area contributed by atoms with Crippen molar-refractivity contribution in [3.05, 3.63) is 98.1 Å². The molecule has 6 heteroatoms. The second-order valence-electron chi connectivity index (χ2n) is 5.79. The molecule has 2 heterocycles. The summed E-state index contributed by atoms with van der Waals surface area (Å²) in [5, 5.41) is 10.6. The molecule has 2 aromatic carbocycles. The first kappa shape index (κ1) is 17.2. The van der Waals surface area contributed by atoms with Crippen LogP contribution < -0.4 is 5.56 Å². The monoisotopic (exact) mass is 390 g/mol. The fourth-order valence-corrected chi connectivity index (χ4v) is 4.30. The molecule has 27 heavy (non-hydrogen) atoms. The van der Waals surface area contributed by atoms with Gasteiger partial charge in [0.15, 0.2) is 5.78 Å². The Morgan fingerprint density at radius 2 is 1.70 bits per heavy atom. The second kappa shape index (κ2) is 6.84. The molecule has 0 atom stereocenters. The summed E-state index contributed by atoms with van der Waals surface area (Å²) < 4.78 is 1.45. The van der Waals surface area contributed by atoms with Crippen LogP contribution in [0.4, 0.5) is 0 Å². The predicted molar refractivity (Wildman–Crippen MR) is 107 cm³/mol. The van der Waals surface area contributed by atoms with E-state index in [2.05, 4.69) is 6.07 Å². The predicted octanol–water partition coefficient (Wildman–Crippen LogP) is 4.81. The van der Waals surface area contributed by atoms with Gasteiger partial charge >= 0.3 is 0 Å². The molecular weight excluding hydrogens is 380 g/mol. The minimum atomic E-state index is -0.278. The van der Waals surface area contributed by atoms with Crippen molar-refractivity contribution in [1.29, 1.82) is 5.26 Å². The number of ketones is 1. The van der Waals surface area contributed by atoms with Gasteiger partial charge in [-0.05, 0) is 18.2 Å². The number of halogens is 1. The maximum Gasteiger partial charge on any atom is 0.256 e. The number of carbonyl (C=O) groups is 1. The average molecular weight is 391 g/mol. The largest absolute Gasteiger partial charge is 0.289 e. The Morgan fingerprint density at radius 1 is 1.00 bits per heavy atom. The Bertz CT molecular complexity index is 1280. The molecular formula is C21H11ClN2O2S. The van der Waals surface area contributed by atoms with E-state index in [1.807, 2.05) is 6.07 Å². The molecule has 0 unspecified atom stereocenters. The zero-order chi connectivity index (χ0) is 19.0. The zero-order valence-electron chi connectivity index (χ0n) is 13.8. The minimum Gasteiger partial charge on any atom is -0.289 e. The molecule has 0 N–H and O–H groups in total. The summed E-state index contributed by atoms with van der Waals surface area (Å²) in [6, 6.07) is 20.8. The first-order valence-electron chi connectivity index (χ1n) is 8.05.